The van der Waals surface area contributed by atoms with E-state index in [1.165, 1.54) is 0 Å². The van der Waals surface area contributed by atoms with Gasteiger partial charge in [-0.25, -0.2) is 0 Å². The molecule has 194 valence electrons. The summed E-state index contributed by atoms with van der Waals surface area (Å²) in [6.45, 7) is 8.58. The Hall–Kier alpha value is -4.18. The molecule has 2 atom stereocenters. The fourth-order valence-electron chi connectivity index (χ4n) is 4.42. The Labute approximate surface area is 226 Å². The highest BCUT2D eigenvalue weighted by Crippen LogP contribution is 2.35. The van der Waals surface area contributed by atoms with E-state index in [-0.39, 0.29) is 24.2 Å². The van der Waals surface area contributed by atoms with Gasteiger partial charge in [-0.15, -0.1) is 0 Å². The molecular formula is C34H38N4. The lowest BCUT2D eigenvalue weighted by Gasteiger charge is -2.23. The maximum atomic E-state index is 5.42. The summed E-state index contributed by atoms with van der Waals surface area (Å²) >= 11 is 0. The van der Waals surface area contributed by atoms with E-state index in [1.54, 1.807) is 0 Å². The van der Waals surface area contributed by atoms with E-state index < -0.39 is 0 Å². The molecule has 0 bridgehead atoms. The molecule has 38 heavy (non-hydrogen) atoms. The minimum Gasteiger partial charge on any atom is -0.381 e. The molecule has 2 N–H and O–H groups in total. The Morgan fingerprint density at radius 2 is 0.737 bits per heavy atom. The van der Waals surface area contributed by atoms with Gasteiger partial charge in [0, 0.05) is 12.1 Å². The van der Waals surface area contributed by atoms with Crippen molar-refractivity contribution < 1.29 is 0 Å². The number of nitrogens with zero attached hydrogens (tertiary/aromatic N) is 2. The first-order valence-electron chi connectivity index (χ1n) is 13.4. The highest BCUT2D eigenvalue weighted by atomic mass is 15.0. The summed E-state index contributed by atoms with van der Waals surface area (Å²) in [7, 11) is 0. The first-order valence-corrected chi connectivity index (χ1v) is 13.4. The van der Waals surface area contributed by atoms with Crippen molar-refractivity contribution >= 4 is 11.4 Å². The zero-order valence-corrected chi connectivity index (χ0v) is 22.8. The Balaban J connectivity index is 2.01. The third-order valence-corrected chi connectivity index (χ3v) is 6.06. The van der Waals surface area contributed by atoms with E-state index in [0.29, 0.717) is 0 Å². The van der Waals surface area contributed by atoms with Gasteiger partial charge in [-0.3, -0.25) is 9.98 Å². The third-order valence-electron chi connectivity index (χ3n) is 6.06. The van der Waals surface area contributed by atoms with Crippen LogP contribution in [0.4, 0.5) is 11.4 Å². The molecule has 0 aliphatic carbocycles. The number of benzene rings is 2. The van der Waals surface area contributed by atoms with Crippen molar-refractivity contribution in [3.63, 3.8) is 0 Å². The Morgan fingerprint density at radius 3 is 1.08 bits per heavy atom. The fourth-order valence-corrected chi connectivity index (χ4v) is 4.42. The molecule has 0 aromatic heterocycles. The topological polar surface area (TPSA) is 48.8 Å². The predicted molar refractivity (Wildman–Crippen MR) is 160 cm³/mol. The molecule has 2 unspecified atom stereocenters. The van der Waals surface area contributed by atoms with Crippen molar-refractivity contribution in [1.82, 2.24) is 0 Å². The number of hydrogen-bond acceptors (Lipinski definition) is 4. The zero-order valence-electron chi connectivity index (χ0n) is 22.8. The standard InChI is InChI=1S/C34H38N4/c1-25(2)35-29-21-13-7-15-23-31(29)37-33(27-17-9-5-10-18-27)34(28-19-11-6-12-20-28)38-32-24-16-8-14-22-30(32)36-26(3)4/h5-26,33-34H,1-4H3,(H,35,37)(H,36,38). The first-order chi connectivity index (χ1) is 18.5. The highest BCUT2D eigenvalue weighted by molar-refractivity contribution is 5.44. The van der Waals surface area contributed by atoms with Crippen LogP contribution in [0.1, 0.15) is 50.9 Å². The van der Waals surface area contributed by atoms with Crippen LogP contribution in [0.25, 0.3) is 0 Å². The summed E-state index contributed by atoms with van der Waals surface area (Å²) in [5.41, 5.74) is 4.24. The molecule has 0 radical (unpaired) electrons. The molecule has 4 rings (SSSR count). The van der Waals surface area contributed by atoms with Crippen LogP contribution in [0.2, 0.25) is 0 Å². The Kier molecular flexibility index (Phi) is 9.47. The van der Waals surface area contributed by atoms with Gasteiger partial charge in [0.25, 0.3) is 0 Å². The summed E-state index contributed by atoms with van der Waals surface area (Å²) in [6, 6.07) is 41.7. The smallest absolute Gasteiger partial charge is 0.102 e. The van der Waals surface area contributed by atoms with Gasteiger partial charge in [-0.05, 0) is 63.1 Å². The summed E-state index contributed by atoms with van der Waals surface area (Å²) in [5.74, 6) is 0. The number of anilines is 2. The van der Waals surface area contributed by atoms with Crippen LogP contribution in [-0.4, -0.2) is 12.1 Å². The third kappa shape index (κ3) is 7.42. The van der Waals surface area contributed by atoms with Crippen molar-refractivity contribution in [2.75, 3.05) is 10.6 Å². The summed E-state index contributed by atoms with van der Waals surface area (Å²) in [6.07, 6.45) is 0. The first kappa shape index (κ1) is 26.9. The van der Waals surface area contributed by atoms with Crippen LogP contribution in [0.3, 0.4) is 0 Å². The van der Waals surface area contributed by atoms with Crippen molar-refractivity contribution in [2.24, 2.45) is 9.98 Å². The average Bonchev–Trinajstić information content (AvgIpc) is 3.27. The lowest BCUT2D eigenvalue weighted by molar-refractivity contribution is 0.557. The summed E-state index contributed by atoms with van der Waals surface area (Å²) < 4.78 is 0. The second-order valence-electron chi connectivity index (χ2n) is 9.99. The number of hydrogen-bond donors (Lipinski definition) is 2. The quantitative estimate of drug-likeness (QED) is 0.252. The van der Waals surface area contributed by atoms with Crippen LogP contribution in [0, 0.1) is 0 Å². The SMILES string of the molecule is CC(C)Nc1cccccc1=NC(c1ccccc1)C(N=c1cccccc1NC(C)C)c1ccccc1. The van der Waals surface area contributed by atoms with E-state index in [0.717, 1.165) is 33.2 Å². The summed E-state index contributed by atoms with van der Waals surface area (Å²) in [5, 5.41) is 8.98. The van der Waals surface area contributed by atoms with E-state index in [2.05, 4.69) is 111 Å². The van der Waals surface area contributed by atoms with Crippen LogP contribution in [0.5, 0.6) is 0 Å². The van der Waals surface area contributed by atoms with Crippen LogP contribution in [0.15, 0.2) is 131 Å². The second-order valence-corrected chi connectivity index (χ2v) is 9.99. The molecule has 0 saturated carbocycles. The second kappa shape index (κ2) is 13.4. The molecule has 0 aliphatic heterocycles. The van der Waals surface area contributed by atoms with Gasteiger partial charge in [-0.1, -0.05) is 97.1 Å². The normalized spacial score (nSPS) is 13.8. The van der Waals surface area contributed by atoms with Crippen LogP contribution >= 0.6 is 0 Å². The number of nitrogens with one attached hydrogen (secondary N) is 2. The maximum absolute atomic E-state index is 5.42. The number of rotatable bonds is 9. The van der Waals surface area contributed by atoms with Gasteiger partial charge < -0.3 is 10.6 Å². The van der Waals surface area contributed by atoms with Crippen molar-refractivity contribution in [3.05, 3.63) is 143 Å². The van der Waals surface area contributed by atoms with Crippen LogP contribution < -0.4 is 21.3 Å². The Morgan fingerprint density at radius 1 is 0.421 bits per heavy atom. The van der Waals surface area contributed by atoms with Crippen LogP contribution in [-0.2, 0) is 0 Å². The lowest BCUT2D eigenvalue weighted by Crippen LogP contribution is -2.21. The molecule has 4 aromatic rings. The minimum absolute atomic E-state index is 0.244. The molecule has 4 heteroatoms. The van der Waals surface area contributed by atoms with E-state index >= 15 is 0 Å². The Bertz CT molecular complexity index is 1320. The van der Waals surface area contributed by atoms with Gasteiger partial charge in [0.05, 0.1) is 22.1 Å². The van der Waals surface area contributed by atoms with Crippen molar-refractivity contribution in [2.45, 2.75) is 51.9 Å². The van der Waals surface area contributed by atoms with Crippen molar-refractivity contribution in [3.8, 4) is 0 Å². The maximum Gasteiger partial charge on any atom is 0.102 e. The van der Waals surface area contributed by atoms with Gasteiger partial charge in [0.2, 0.25) is 0 Å². The largest absolute Gasteiger partial charge is 0.381 e. The zero-order chi connectivity index (χ0) is 26.7. The van der Waals surface area contributed by atoms with Crippen molar-refractivity contribution in [1.29, 1.82) is 0 Å². The molecule has 0 heterocycles. The predicted octanol–water partition coefficient (Wildman–Crippen LogP) is 7.31. The van der Waals surface area contributed by atoms with Gasteiger partial charge in [0.1, 0.15) is 12.1 Å². The molecule has 0 amide bonds. The monoisotopic (exact) mass is 502 g/mol. The van der Waals surface area contributed by atoms with E-state index in [9.17, 15) is 0 Å². The van der Waals surface area contributed by atoms with Gasteiger partial charge >= 0.3 is 0 Å². The molecule has 0 fully saturated rings. The summed E-state index contributed by atoms with van der Waals surface area (Å²) in [4.78, 5) is 10.8. The molecule has 4 nitrogen and oxygen atoms in total. The molecule has 0 spiro atoms. The molecule has 0 saturated heterocycles. The van der Waals surface area contributed by atoms with Gasteiger partial charge in [0.15, 0.2) is 0 Å². The van der Waals surface area contributed by atoms with E-state index in [4.69, 9.17) is 9.98 Å². The van der Waals surface area contributed by atoms with Gasteiger partial charge in [-0.2, -0.15) is 0 Å². The highest BCUT2D eigenvalue weighted by Gasteiger charge is 2.24. The minimum atomic E-state index is -0.244. The average molecular weight is 503 g/mol. The lowest BCUT2D eigenvalue weighted by atomic mass is 9.94. The molecule has 4 aromatic carbocycles. The van der Waals surface area contributed by atoms with E-state index in [1.807, 2.05) is 48.5 Å². The molecule has 0 aliphatic rings. The molecular weight excluding hydrogens is 464 g/mol. The fraction of sp³-hybridized carbons (Fsp3) is 0.235.